The van der Waals surface area contributed by atoms with E-state index in [0.717, 1.165) is 0 Å². The van der Waals surface area contributed by atoms with Crippen molar-refractivity contribution in [2.75, 3.05) is 0 Å². The van der Waals surface area contributed by atoms with Crippen molar-refractivity contribution in [3.63, 3.8) is 0 Å². The summed E-state index contributed by atoms with van der Waals surface area (Å²) < 4.78 is 26.6. The summed E-state index contributed by atoms with van der Waals surface area (Å²) in [6.07, 6.45) is -0.778. The van der Waals surface area contributed by atoms with Gasteiger partial charge in [0.1, 0.15) is 6.04 Å². The fourth-order valence-electron chi connectivity index (χ4n) is 1.37. The zero-order chi connectivity index (χ0) is 15.3. The lowest BCUT2D eigenvalue weighted by molar-refractivity contribution is -0.140. The highest BCUT2D eigenvalue weighted by molar-refractivity contribution is 9.10. The molecule has 3 N–H and O–H groups in total. The Morgan fingerprint density at radius 2 is 1.75 bits per heavy atom. The average Bonchev–Trinajstić information content (AvgIpc) is 2.34. The van der Waals surface area contributed by atoms with Gasteiger partial charge in [-0.2, -0.15) is 4.72 Å². The van der Waals surface area contributed by atoms with E-state index in [2.05, 4.69) is 15.9 Å². The number of sulfonamides is 1. The van der Waals surface area contributed by atoms with Gasteiger partial charge in [0.05, 0.1) is 4.90 Å². The van der Waals surface area contributed by atoms with E-state index in [1.807, 2.05) is 4.72 Å². The van der Waals surface area contributed by atoms with Crippen molar-refractivity contribution in [3.05, 3.63) is 28.7 Å². The lowest BCUT2D eigenvalue weighted by Gasteiger charge is -2.13. The van der Waals surface area contributed by atoms with Gasteiger partial charge in [0, 0.05) is 10.9 Å². The molecule has 0 saturated carbocycles. The van der Waals surface area contributed by atoms with Crippen LogP contribution in [-0.2, 0) is 19.6 Å². The van der Waals surface area contributed by atoms with Crippen LogP contribution in [0.1, 0.15) is 12.8 Å². The molecular formula is C11H12BrNO6S. The first-order valence-electron chi connectivity index (χ1n) is 5.45. The topological polar surface area (TPSA) is 121 Å². The van der Waals surface area contributed by atoms with Crippen LogP contribution in [0.15, 0.2) is 33.6 Å². The number of carbonyl (C=O) groups is 2. The van der Waals surface area contributed by atoms with E-state index in [0.29, 0.717) is 4.47 Å². The molecule has 0 heterocycles. The number of hydrogen-bond donors (Lipinski definition) is 3. The molecule has 1 rings (SSSR count). The number of carboxylic acid groups (broad SMARTS) is 2. The molecule has 1 atom stereocenters. The van der Waals surface area contributed by atoms with E-state index < -0.39 is 34.4 Å². The number of nitrogens with one attached hydrogen (secondary N) is 1. The van der Waals surface area contributed by atoms with Crippen LogP contribution >= 0.6 is 15.9 Å². The number of halogens is 1. The Kier molecular flexibility index (Phi) is 5.66. The van der Waals surface area contributed by atoms with Gasteiger partial charge < -0.3 is 10.2 Å². The first-order valence-corrected chi connectivity index (χ1v) is 7.72. The second kappa shape index (κ2) is 6.82. The molecule has 1 unspecified atom stereocenters. The fraction of sp³-hybridized carbons (Fsp3) is 0.273. The van der Waals surface area contributed by atoms with Crippen molar-refractivity contribution in [2.24, 2.45) is 0 Å². The third kappa shape index (κ3) is 4.91. The summed E-state index contributed by atoms with van der Waals surface area (Å²) in [7, 11) is -4.01. The third-order valence-corrected chi connectivity index (χ3v) is 4.38. The van der Waals surface area contributed by atoms with Crippen molar-refractivity contribution in [1.29, 1.82) is 0 Å². The molecule has 20 heavy (non-hydrogen) atoms. The molecule has 1 aromatic carbocycles. The number of hydrogen-bond acceptors (Lipinski definition) is 4. The summed E-state index contributed by atoms with van der Waals surface area (Å²) in [6, 6.07) is 4.13. The van der Waals surface area contributed by atoms with Crippen LogP contribution in [0.5, 0.6) is 0 Å². The third-order valence-electron chi connectivity index (χ3n) is 2.37. The van der Waals surface area contributed by atoms with Gasteiger partial charge in [0.2, 0.25) is 10.0 Å². The van der Waals surface area contributed by atoms with Gasteiger partial charge in [-0.3, -0.25) is 9.59 Å². The molecule has 1 aromatic rings. The standard InChI is InChI=1S/C11H12BrNO6S/c12-7-1-3-8(4-2-7)20(18,19)13-9(11(16)17)5-6-10(14)15/h1-4,9,13H,5-6H2,(H,14,15)(H,16,17). The van der Waals surface area contributed by atoms with Crippen molar-refractivity contribution in [2.45, 2.75) is 23.8 Å². The predicted molar refractivity (Wildman–Crippen MR) is 72.8 cm³/mol. The minimum atomic E-state index is -4.01. The molecule has 0 aliphatic heterocycles. The van der Waals surface area contributed by atoms with Gasteiger partial charge in [-0.15, -0.1) is 0 Å². The molecule has 7 nitrogen and oxygen atoms in total. The number of benzene rings is 1. The largest absolute Gasteiger partial charge is 0.481 e. The summed E-state index contributed by atoms with van der Waals surface area (Å²) >= 11 is 3.15. The molecule has 0 saturated heterocycles. The minimum Gasteiger partial charge on any atom is -0.481 e. The van der Waals surface area contributed by atoms with Crippen LogP contribution < -0.4 is 4.72 Å². The normalized spacial score (nSPS) is 12.8. The highest BCUT2D eigenvalue weighted by Crippen LogP contribution is 2.15. The first-order chi connectivity index (χ1) is 9.22. The monoisotopic (exact) mass is 365 g/mol. The first kappa shape index (κ1) is 16.6. The Balaban J connectivity index is 2.88. The summed E-state index contributed by atoms with van der Waals surface area (Å²) in [4.78, 5) is 21.3. The van der Waals surface area contributed by atoms with Crippen molar-refractivity contribution < 1.29 is 28.2 Å². The highest BCUT2D eigenvalue weighted by atomic mass is 79.9. The van der Waals surface area contributed by atoms with E-state index in [1.165, 1.54) is 24.3 Å². The maximum absolute atomic E-state index is 12.0. The molecule has 0 aliphatic carbocycles. The van der Waals surface area contributed by atoms with E-state index in [9.17, 15) is 18.0 Å². The van der Waals surface area contributed by atoms with Crippen LogP contribution in [0.4, 0.5) is 0 Å². The second-order valence-electron chi connectivity index (χ2n) is 3.90. The van der Waals surface area contributed by atoms with Gasteiger partial charge in [-0.1, -0.05) is 15.9 Å². The Hall–Kier alpha value is -1.45. The van der Waals surface area contributed by atoms with Gasteiger partial charge >= 0.3 is 11.9 Å². The lowest BCUT2D eigenvalue weighted by Crippen LogP contribution is -2.41. The summed E-state index contributed by atoms with van der Waals surface area (Å²) in [5, 5.41) is 17.4. The second-order valence-corrected chi connectivity index (χ2v) is 6.53. The SMILES string of the molecule is O=C(O)CCC(NS(=O)(=O)c1ccc(Br)cc1)C(=O)O. The maximum Gasteiger partial charge on any atom is 0.321 e. The van der Waals surface area contributed by atoms with Crippen LogP contribution in [0, 0.1) is 0 Å². The van der Waals surface area contributed by atoms with Gasteiger partial charge in [0.15, 0.2) is 0 Å². The summed E-state index contributed by atoms with van der Waals surface area (Å²) in [6.45, 7) is 0. The maximum atomic E-state index is 12.0. The van der Waals surface area contributed by atoms with E-state index in [4.69, 9.17) is 10.2 Å². The molecular weight excluding hydrogens is 354 g/mol. The Labute approximate surface area is 123 Å². The quantitative estimate of drug-likeness (QED) is 0.663. The van der Waals surface area contributed by atoms with Crippen molar-refractivity contribution in [1.82, 2.24) is 4.72 Å². The van der Waals surface area contributed by atoms with Gasteiger partial charge in [-0.25, -0.2) is 8.42 Å². The molecule has 0 aliphatic rings. The van der Waals surface area contributed by atoms with E-state index in [-0.39, 0.29) is 11.3 Å². The Bertz CT molecular complexity index is 598. The predicted octanol–water partition coefficient (Wildman–Crippen LogP) is 1.05. The zero-order valence-electron chi connectivity index (χ0n) is 10.1. The fourth-order valence-corrected chi connectivity index (χ4v) is 2.86. The highest BCUT2D eigenvalue weighted by Gasteiger charge is 2.25. The van der Waals surface area contributed by atoms with Crippen LogP contribution in [0.3, 0.4) is 0 Å². The van der Waals surface area contributed by atoms with Crippen molar-refractivity contribution in [3.8, 4) is 0 Å². The number of carboxylic acids is 2. The molecule has 0 fully saturated rings. The van der Waals surface area contributed by atoms with Crippen LogP contribution in [-0.4, -0.2) is 36.6 Å². The molecule has 0 aromatic heterocycles. The Morgan fingerprint density at radius 1 is 1.20 bits per heavy atom. The number of aliphatic carboxylic acids is 2. The summed E-state index contributed by atoms with van der Waals surface area (Å²) in [5.41, 5.74) is 0. The minimum absolute atomic E-state index is 0.0951. The molecule has 0 amide bonds. The molecule has 9 heteroatoms. The van der Waals surface area contributed by atoms with Crippen LogP contribution in [0.2, 0.25) is 0 Å². The van der Waals surface area contributed by atoms with E-state index >= 15 is 0 Å². The number of rotatable bonds is 7. The van der Waals surface area contributed by atoms with Gasteiger partial charge in [0.25, 0.3) is 0 Å². The average molecular weight is 366 g/mol. The van der Waals surface area contributed by atoms with Crippen molar-refractivity contribution >= 4 is 37.9 Å². The lowest BCUT2D eigenvalue weighted by atomic mass is 10.2. The molecule has 110 valence electrons. The smallest absolute Gasteiger partial charge is 0.321 e. The Morgan fingerprint density at radius 3 is 2.20 bits per heavy atom. The zero-order valence-corrected chi connectivity index (χ0v) is 12.5. The van der Waals surface area contributed by atoms with E-state index in [1.54, 1.807) is 0 Å². The molecule has 0 radical (unpaired) electrons. The van der Waals surface area contributed by atoms with Gasteiger partial charge in [-0.05, 0) is 30.7 Å². The van der Waals surface area contributed by atoms with Crippen LogP contribution in [0.25, 0.3) is 0 Å². The molecule has 0 spiro atoms. The molecule has 0 bridgehead atoms. The summed E-state index contributed by atoms with van der Waals surface area (Å²) in [5.74, 6) is -2.62.